The van der Waals surface area contributed by atoms with Crippen LogP contribution in [0, 0.1) is 19.7 Å². The zero-order valence-electron chi connectivity index (χ0n) is 11.1. The Morgan fingerprint density at radius 1 is 1.11 bits per heavy atom. The van der Waals surface area contributed by atoms with Crippen LogP contribution in [-0.4, -0.2) is 0 Å². The van der Waals surface area contributed by atoms with Gasteiger partial charge in [-0.25, -0.2) is 4.39 Å². The Kier molecular flexibility index (Phi) is 4.38. The van der Waals surface area contributed by atoms with E-state index in [1.807, 2.05) is 6.07 Å². The predicted octanol–water partition coefficient (Wildman–Crippen LogP) is 4.45. The second-order valence-electron chi connectivity index (χ2n) is 4.89. The Hall–Kier alpha value is -1.19. The van der Waals surface area contributed by atoms with Gasteiger partial charge in [-0.05, 0) is 60.7 Å². The molecule has 3 heteroatoms. The van der Waals surface area contributed by atoms with E-state index in [9.17, 15) is 4.39 Å². The maximum absolute atomic E-state index is 13.3. The molecule has 2 aromatic carbocycles. The van der Waals surface area contributed by atoms with Gasteiger partial charge < -0.3 is 5.73 Å². The molecule has 0 saturated heterocycles. The zero-order chi connectivity index (χ0) is 14.0. The topological polar surface area (TPSA) is 26.0 Å². The average molecular weight is 322 g/mol. The molecule has 0 fully saturated rings. The molecule has 1 unspecified atom stereocenters. The highest BCUT2D eigenvalue weighted by Crippen LogP contribution is 2.24. The standard InChI is InChI=1S/C16H17BrFN/c1-10-3-4-12(7-11(10)2)16(19)9-13-8-14(18)5-6-15(13)17/h3-8,16H,9,19H2,1-2H3. The van der Waals surface area contributed by atoms with E-state index < -0.39 is 0 Å². The van der Waals surface area contributed by atoms with Crippen molar-refractivity contribution in [1.82, 2.24) is 0 Å². The lowest BCUT2D eigenvalue weighted by Crippen LogP contribution is -2.14. The maximum atomic E-state index is 13.3. The summed E-state index contributed by atoms with van der Waals surface area (Å²) in [4.78, 5) is 0. The van der Waals surface area contributed by atoms with Crippen molar-refractivity contribution in [2.75, 3.05) is 0 Å². The molecule has 100 valence electrons. The molecular formula is C16H17BrFN. The van der Waals surface area contributed by atoms with Crippen LogP contribution < -0.4 is 5.73 Å². The van der Waals surface area contributed by atoms with Gasteiger partial charge in [0.25, 0.3) is 0 Å². The minimum atomic E-state index is -0.231. The van der Waals surface area contributed by atoms with Crippen LogP contribution in [0.4, 0.5) is 4.39 Å². The van der Waals surface area contributed by atoms with Gasteiger partial charge >= 0.3 is 0 Å². The van der Waals surface area contributed by atoms with Crippen LogP contribution in [0.25, 0.3) is 0 Å². The minimum Gasteiger partial charge on any atom is -0.324 e. The van der Waals surface area contributed by atoms with Gasteiger partial charge in [0.1, 0.15) is 5.82 Å². The Bertz CT molecular complexity index is 595. The van der Waals surface area contributed by atoms with Gasteiger partial charge in [-0.3, -0.25) is 0 Å². The highest BCUT2D eigenvalue weighted by atomic mass is 79.9. The molecule has 0 bridgehead atoms. The number of benzene rings is 2. The van der Waals surface area contributed by atoms with Crippen molar-refractivity contribution in [2.45, 2.75) is 26.3 Å². The molecule has 0 heterocycles. The third-order valence-electron chi connectivity index (χ3n) is 3.41. The van der Waals surface area contributed by atoms with Crippen molar-refractivity contribution >= 4 is 15.9 Å². The average Bonchev–Trinajstić information content (AvgIpc) is 2.37. The highest BCUT2D eigenvalue weighted by molar-refractivity contribution is 9.10. The largest absolute Gasteiger partial charge is 0.324 e. The Morgan fingerprint density at radius 2 is 1.84 bits per heavy atom. The Balaban J connectivity index is 2.22. The van der Waals surface area contributed by atoms with Crippen LogP contribution in [0.1, 0.15) is 28.3 Å². The first kappa shape index (κ1) is 14.2. The van der Waals surface area contributed by atoms with Crippen LogP contribution >= 0.6 is 15.9 Å². The molecule has 0 amide bonds. The summed E-state index contributed by atoms with van der Waals surface area (Å²) in [6.45, 7) is 4.15. The molecule has 1 atom stereocenters. The number of rotatable bonds is 3. The highest BCUT2D eigenvalue weighted by Gasteiger charge is 2.11. The van der Waals surface area contributed by atoms with Gasteiger partial charge in [0.15, 0.2) is 0 Å². The van der Waals surface area contributed by atoms with E-state index in [4.69, 9.17) is 5.73 Å². The fraction of sp³-hybridized carbons (Fsp3) is 0.250. The molecule has 0 aliphatic rings. The summed E-state index contributed by atoms with van der Waals surface area (Å²) in [5.41, 5.74) is 10.7. The van der Waals surface area contributed by atoms with E-state index in [1.165, 1.54) is 23.3 Å². The third-order valence-corrected chi connectivity index (χ3v) is 4.18. The van der Waals surface area contributed by atoms with Gasteiger partial charge in [-0.15, -0.1) is 0 Å². The maximum Gasteiger partial charge on any atom is 0.123 e. The normalized spacial score (nSPS) is 12.5. The summed E-state index contributed by atoms with van der Waals surface area (Å²) in [7, 11) is 0. The van der Waals surface area contributed by atoms with Gasteiger partial charge in [0, 0.05) is 10.5 Å². The van der Waals surface area contributed by atoms with E-state index in [2.05, 4.69) is 41.9 Å². The summed E-state index contributed by atoms with van der Waals surface area (Å²) in [6.07, 6.45) is 0.612. The van der Waals surface area contributed by atoms with Crippen molar-refractivity contribution in [1.29, 1.82) is 0 Å². The lowest BCUT2D eigenvalue weighted by Gasteiger charge is -2.15. The van der Waals surface area contributed by atoms with Crippen molar-refractivity contribution in [2.24, 2.45) is 5.73 Å². The Morgan fingerprint density at radius 3 is 2.53 bits per heavy atom. The van der Waals surface area contributed by atoms with Gasteiger partial charge in [-0.1, -0.05) is 34.1 Å². The van der Waals surface area contributed by atoms with Crippen LogP contribution in [-0.2, 0) is 6.42 Å². The first-order valence-electron chi connectivity index (χ1n) is 6.24. The smallest absolute Gasteiger partial charge is 0.123 e. The molecule has 2 N–H and O–H groups in total. The molecule has 2 aromatic rings. The summed E-state index contributed by atoms with van der Waals surface area (Å²) in [5, 5.41) is 0. The van der Waals surface area contributed by atoms with Gasteiger partial charge in [0.05, 0.1) is 0 Å². The van der Waals surface area contributed by atoms with Gasteiger partial charge in [-0.2, -0.15) is 0 Å². The molecule has 19 heavy (non-hydrogen) atoms. The molecule has 0 radical (unpaired) electrons. The minimum absolute atomic E-state index is 0.127. The summed E-state index contributed by atoms with van der Waals surface area (Å²) in [6, 6.07) is 10.8. The summed E-state index contributed by atoms with van der Waals surface area (Å²) >= 11 is 3.44. The molecule has 0 saturated carbocycles. The SMILES string of the molecule is Cc1ccc(C(N)Cc2cc(F)ccc2Br)cc1C. The van der Waals surface area contributed by atoms with Crippen molar-refractivity contribution in [3.05, 3.63) is 68.9 Å². The molecule has 0 spiro atoms. The number of hydrogen-bond donors (Lipinski definition) is 1. The van der Waals surface area contributed by atoms with Gasteiger partial charge in [0.2, 0.25) is 0 Å². The van der Waals surface area contributed by atoms with Crippen LogP contribution in [0.2, 0.25) is 0 Å². The third kappa shape index (κ3) is 3.43. The molecule has 0 aliphatic carbocycles. The quantitative estimate of drug-likeness (QED) is 0.888. The fourth-order valence-corrected chi connectivity index (χ4v) is 2.46. The van der Waals surface area contributed by atoms with Crippen LogP contribution in [0.3, 0.4) is 0 Å². The number of halogens is 2. The first-order chi connectivity index (χ1) is 8.97. The Labute approximate surface area is 121 Å². The monoisotopic (exact) mass is 321 g/mol. The molecule has 1 nitrogen and oxygen atoms in total. The lowest BCUT2D eigenvalue weighted by molar-refractivity contribution is 0.621. The second kappa shape index (κ2) is 5.85. The van der Waals surface area contributed by atoms with E-state index in [0.717, 1.165) is 15.6 Å². The molecular weight excluding hydrogens is 305 g/mol. The number of hydrogen-bond acceptors (Lipinski definition) is 1. The van der Waals surface area contributed by atoms with Crippen molar-refractivity contribution in [3.63, 3.8) is 0 Å². The fourth-order valence-electron chi connectivity index (χ4n) is 2.05. The molecule has 0 aliphatic heterocycles. The van der Waals surface area contributed by atoms with Crippen molar-refractivity contribution in [3.8, 4) is 0 Å². The van der Waals surface area contributed by atoms with E-state index in [1.54, 1.807) is 6.07 Å². The lowest BCUT2D eigenvalue weighted by atomic mass is 9.96. The molecule has 2 rings (SSSR count). The number of nitrogens with two attached hydrogens (primary N) is 1. The predicted molar refractivity (Wildman–Crippen MR) is 80.6 cm³/mol. The van der Waals surface area contributed by atoms with E-state index in [-0.39, 0.29) is 11.9 Å². The zero-order valence-corrected chi connectivity index (χ0v) is 12.7. The number of aryl methyl sites for hydroxylation is 2. The van der Waals surface area contributed by atoms with E-state index >= 15 is 0 Å². The first-order valence-corrected chi connectivity index (χ1v) is 7.03. The van der Waals surface area contributed by atoms with Crippen LogP contribution in [0.15, 0.2) is 40.9 Å². The molecule has 0 aromatic heterocycles. The second-order valence-corrected chi connectivity index (χ2v) is 5.74. The van der Waals surface area contributed by atoms with Crippen LogP contribution in [0.5, 0.6) is 0 Å². The van der Waals surface area contributed by atoms with E-state index in [0.29, 0.717) is 6.42 Å². The van der Waals surface area contributed by atoms with Crippen molar-refractivity contribution < 1.29 is 4.39 Å². The summed E-state index contributed by atoms with van der Waals surface area (Å²) < 4.78 is 14.2. The summed E-state index contributed by atoms with van der Waals surface area (Å²) in [5.74, 6) is -0.231.